The first kappa shape index (κ1) is 24.5. The predicted molar refractivity (Wildman–Crippen MR) is 137 cm³/mol. The van der Waals surface area contributed by atoms with Crippen molar-refractivity contribution in [3.8, 4) is 5.75 Å². The summed E-state index contributed by atoms with van der Waals surface area (Å²) in [4.78, 5) is 39.4. The molecule has 1 aliphatic rings. The molecule has 8 heteroatoms. The number of benzene rings is 3. The van der Waals surface area contributed by atoms with Crippen molar-refractivity contribution < 1.29 is 19.1 Å². The summed E-state index contributed by atoms with van der Waals surface area (Å²) < 4.78 is 6.01. The summed E-state index contributed by atoms with van der Waals surface area (Å²) in [6.07, 6.45) is 1.37. The van der Waals surface area contributed by atoms with Crippen LogP contribution in [-0.2, 0) is 16.2 Å². The minimum Gasteiger partial charge on any atom is -0.488 e. The second-order valence-electron chi connectivity index (χ2n) is 8.23. The van der Waals surface area contributed by atoms with Crippen LogP contribution in [0.2, 0.25) is 10.0 Å². The zero-order valence-corrected chi connectivity index (χ0v) is 20.8. The lowest BCUT2D eigenvalue weighted by Gasteiger charge is -2.27. The number of nitrogens with zero attached hydrogens (tertiary/aromatic N) is 1. The Bertz CT molecular complexity index is 1400. The zero-order valence-electron chi connectivity index (χ0n) is 19.3. The molecule has 3 aromatic rings. The second kappa shape index (κ2) is 9.94. The van der Waals surface area contributed by atoms with Gasteiger partial charge in [0.1, 0.15) is 17.9 Å². The number of rotatable bonds is 5. The Hall–Kier alpha value is -3.61. The highest BCUT2D eigenvalue weighted by molar-refractivity contribution is 6.40. The van der Waals surface area contributed by atoms with Gasteiger partial charge in [-0.2, -0.15) is 0 Å². The molecule has 0 spiro atoms. The van der Waals surface area contributed by atoms with E-state index in [1.54, 1.807) is 43.3 Å². The smallest absolute Gasteiger partial charge is 0.335 e. The Kier molecular flexibility index (Phi) is 6.96. The number of anilines is 1. The van der Waals surface area contributed by atoms with Gasteiger partial charge < -0.3 is 4.74 Å². The van der Waals surface area contributed by atoms with Crippen LogP contribution in [0.1, 0.15) is 27.8 Å². The average molecular weight is 509 g/mol. The highest BCUT2D eigenvalue weighted by Gasteiger charge is 2.37. The van der Waals surface area contributed by atoms with Crippen molar-refractivity contribution in [3.05, 3.63) is 98.0 Å². The van der Waals surface area contributed by atoms with Gasteiger partial charge in [-0.25, -0.2) is 9.69 Å². The first-order chi connectivity index (χ1) is 16.7. The summed E-state index contributed by atoms with van der Waals surface area (Å²) in [6.45, 7) is 6.03. The van der Waals surface area contributed by atoms with E-state index in [1.807, 2.05) is 32.0 Å². The molecule has 0 aromatic heterocycles. The fourth-order valence-corrected chi connectivity index (χ4v) is 4.04. The van der Waals surface area contributed by atoms with Crippen LogP contribution in [0.3, 0.4) is 0 Å². The van der Waals surface area contributed by atoms with Crippen molar-refractivity contribution in [2.24, 2.45) is 0 Å². The molecule has 0 saturated carbocycles. The Morgan fingerprint density at radius 3 is 2.46 bits per heavy atom. The maximum Gasteiger partial charge on any atom is 0.335 e. The van der Waals surface area contributed by atoms with Crippen LogP contribution in [0.25, 0.3) is 6.08 Å². The van der Waals surface area contributed by atoms with E-state index in [1.165, 1.54) is 11.6 Å². The molecule has 4 rings (SSSR count). The number of carbonyl (C=O) groups is 3. The summed E-state index contributed by atoms with van der Waals surface area (Å²) in [5, 5.41) is 3.01. The molecule has 0 bridgehead atoms. The monoisotopic (exact) mass is 508 g/mol. The Labute approximate surface area is 213 Å². The molecule has 6 nitrogen and oxygen atoms in total. The van der Waals surface area contributed by atoms with E-state index in [9.17, 15) is 14.4 Å². The van der Waals surface area contributed by atoms with Gasteiger partial charge >= 0.3 is 6.03 Å². The van der Waals surface area contributed by atoms with Gasteiger partial charge in [0.15, 0.2) is 0 Å². The lowest BCUT2D eigenvalue weighted by molar-refractivity contribution is -0.122. The average Bonchev–Trinajstić information content (AvgIpc) is 2.81. The largest absolute Gasteiger partial charge is 0.488 e. The third-order valence-corrected chi connectivity index (χ3v) is 6.46. The highest BCUT2D eigenvalue weighted by Crippen LogP contribution is 2.31. The number of barbiturate groups is 1. The van der Waals surface area contributed by atoms with Crippen LogP contribution in [0, 0.1) is 20.8 Å². The number of halogens is 2. The topological polar surface area (TPSA) is 75.7 Å². The molecular formula is C27H22Cl2N2O4. The first-order valence-corrected chi connectivity index (χ1v) is 11.6. The first-order valence-electron chi connectivity index (χ1n) is 10.8. The molecule has 35 heavy (non-hydrogen) atoms. The van der Waals surface area contributed by atoms with E-state index < -0.39 is 17.8 Å². The lowest BCUT2D eigenvalue weighted by atomic mass is 10.0. The van der Waals surface area contributed by atoms with E-state index in [-0.39, 0.29) is 17.9 Å². The quantitative estimate of drug-likeness (QED) is 0.330. The van der Waals surface area contributed by atoms with Crippen molar-refractivity contribution in [2.75, 3.05) is 4.90 Å². The van der Waals surface area contributed by atoms with Gasteiger partial charge in [0.05, 0.1) is 5.69 Å². The van der Waals surface area contributed by atoms with Gasteiger partial charge in [-0.3, -0.25) is 14.9 Å². The maximum absolute atomic E-state index is 13.3. The number of hydrogen-bond acceptors (Lipinski definition) is 4. The molecule has 4 amide bonds. The number of ether oxygens (including phenoxy) is 1. The molecule has 1 fully saturated rings. The van der Waals surface area contributed by atoms with Crippen LogP contribution in [0.15, 0.2) is 60.2 Å². The molecule has 0 atom stereocenters. The molecule has 1 aliphatic heterocycles. The van der Waals surface area contributed by atoms with E-state index >= 15 is 0 Å². The third-order valence-electron chi connectivity index (χ3n) is 5.82. The molecule has 0 unspecified atom stereocenters. The summed E-state index contributed by atoms with van der Waals surface area (Å²) >= 11 is 12.4. The molecule has 1 saturated heterocycles. The highest BCUT2D eigenvalue weighted by atomic mass is 35.5. The van der Waals surface area contributed by atoms with Gasteiger partial charge in [-0.1, -0.05) is 47.5 Å². The van der Waals surface area contributed by atoms with E-state index in [0.717, 1.165) is 16.0 Å². The van der Waals surface area contributed by atoms with Crippen LogP contribution in [0.4, 0.5) is 10.5 Å². The number of carbonyl (C=O) groups excluding carboxylic acids is 3. The molecular weight excluding hydrogens is 487 g/mol. The third kappa shape index (κ3) is 5.09. The second-order valence-corrected chi connectivity index (χ2v) is 9.07. The van der Waals surface area contributed by atoms with E-state index in [0.29, 0.717) is 26.9 Å². The number of amides is 4. The Morgan fingerprint density at radius 1 is 0.943 bits per heavy atom. The normalized spacial score (nSPS) is 14.9. The molecule has 1 heterocycles. The van der Waals surface area contributed by atoms with Crippen molar-refractivity contribution in [3.63, 3.8) is 0 Å². The molecule has 1 N–H and O–H groups in total. The van der Waals surface area contributed by atoms with Gasteiger partial charge in [0.2, 0.25) is 0 Å². The summed E-state index contributed by atoms with van der Waals surface area (Å²) in [6, 6.07) is 15.0. The summed E-state index contributed by atoms with van der Waals surface area (Å²) in [5.74, 6) is -1.15. The predicted octanol–water partition coefficient (Wildman–Crippen LogP) is 6.16. The van der Waals surface area contributed by atoms with E-state index in [4.69, 9.17) is 27.9 Å². The minimum atomic E-state index is -0.847. The molecule has 0 aliphatic carbocycles. The fourth-order valence-electron chi connectivity index (χ4n) is 3.69. The standard InChI is InChI=1S/C27H22Cl2N2O4/c1-15-7-8-18(11-16(15)2)14-35-24-10-9-20(28)12-19(24)13-21-25(32)30-27(34)31(26(21)33)23-6-4-5-22(29)17(23)3/h4-13H,14H2,1-3H3,(H,30,32,34)/b21-13+. The lowest BCUT2D eigenvalue weighted by Crippen LogP contribution is -2.54. The van der Waals surface area contributed by atoms with Crippen LogP contribution in [-0.4, -0.2) is 17.8 Å². The van der Waals surface area contributed by atoms with E-state index in [2.05, 4.69) is 5.32 Å². The number of hydrogen-bond donors (Lipinski definition) is 1. The number of urea groups is 1. The summed E-state index contributed by atoms with van der Waals surface area (Å²) in [7, 11) is 0. The van der Waals surface area contributed by atoms with Gasteiger partial charge in [-0.05, 0) is 79.4 Å². The minimum absolute atomic E-state index is 0.234. The Morgan fingerprint density at radius 2 is 1.71 bits per heavy atom. The van der Waals surface area contributed by atoms with Crippen LogP contribution >= 0.6 is 23.2 Å². The van der Waals surface area contributed by atoms with Crippen LogP contribution in [0.5, 0.6) is 5.75 Å². The number of imide groups is 2. The SMILES string of the molecule is Cc1ccc(COc2ccc(Cl)cc2/C=C2\C(=O)NC(=O)N(c3cccc(Cl)c3C)C2=O)cc1C. The zero-order chi connectivity index (χ0) is 25.3. The van der Waals surface area contributed by atoms with Crippen molar-refractivity contribution in [1.29, 1.82) is 0 Å². The Balaban J connectivity index is 1.69. The van der Waals surface area contributed by atoms with Crippen LogP contribution < -0.4 is 15.0 Å². The van der Waals surface area contributed by atoms with Crippen molar-refractivity contribution in [1.82, 2.24) is 5.32 Å². The number of aryl methyl sites for hydroxylation is 2. The number of nitrogens with one attached hydrogen (secondary N) is 1. The molecule has 178 valence electrons. The van der Waals surface area contributed by atoms with Gasteiger partial charge in [0.25, 0.3) is 11.8 Å². The van der Waals surface area contributed by atoms with Crippen molar-refractivity contribution in [2.45, 2.75) is 27.4 Å². The molecule has 0 radical (unpaired) electrons. The molecule has 3 aromatic carbocycles. The summed E-state index contributed by atoms with van der Waals surface area (Å²) in [5.41, 5.74) is 4.32. The van der Waals surface area contributed by atoms with Gasteiger partial charge in [0, 0.05) is 15.6 Å². The van der Waals surface area contributed by atoms with Gasteiger partial charge in [-0.15, -0.1) is 0 Å². The van der Waals surface area contributed by atoms with Crippen molar-refractivity contribution >= 4 is 52.8 Å². The fraction of sp³-hybridized carbons (Fsp3) is 0.148. The maximum atomic E-state index is 13.3.